The van der Waals surface area contributed by atoms with Gasteiger partial charge in [0.25, 0.3) is 0 Å². The zero-order chi connectivity index (χ0) is 12.8. The number of halogens is 1. The van der Waals surface area contributed by atoms with Crippen LogP contribution in [0, 0.1) is 5.82 Å². The second-order valence-electron chi connectivity index (χ2n) is 3.12. The van der Waals surface area contributed by atoms with E-state index < -0.39 is 17.8 Å². The van der Waals surface area contributed by atoms with Crippen molar-refractivity contribution in [3.63, 3.8) is 0 Å². The van der Waals surface area contributed by atoms with Gasteiger partial charge in [-0.25, -0.2) is 14.0 Å². The highest BCUT2D eigenvalue weighted by molar-refractivity contribution is 5.95. The predicted molar refractivity (Wildman–Crippen MR) is 59.0 cm³/mol. The predicted octanol–water partition coefficient (Wildman–Crippen LogP) is 2.10. The monoisotopic (exact) mass is 238 g/mol. The van der Waals surface area contributed by atoms with Gasteiger partial charge in [-0.1, -0.05) is 0 Å². The molecule has 1 aromatic rings. The van der Waals surface area contributed by atoms with Crippen molar-refractivity contribution in [3.8, 4) is 0 Å². The minimum atomic E-state index is -1.18. The number of carboxylic acids is 1. The van der Waals surface area contributed by atoms with Crippen molar-refractivity contribution in [2.75, 3.05) is 6.61 Å². The average molecular weight is 238 g/mol. The first-order chi connectivity index (χ1) is 8.04. The van der Waals surface area contributed by atoms with E-state index in [1.54, 1.807) is 6.92 Å². The molecule has 0 fully saturated rings. The topological polar surface area (TPSA) is 63.6 Å². The first-order valence-electron chi connectivity index (χ1n) is 4.92. The number of carboxylic acid groups (broad SMARTS) is 1. The van der Waals surface area contributed by atoms with E-state index in [0.29, 0.717) is 0 Å². The van der Waals surface area contributed by atoms with Gasteiger partial charge in [0.05, 0.1) is 12.2 Å². The lowest BCUT2D eigenvalue weighted by atomic mass is 10.1. The molecule has 0 aromatic heterocycles. The molecular formula is C12H11FO4. The number of benzene rings is 1. The minimum absolute atomic E-state index is 0.130. The smallest absolute Gasteiger partial charge is 0.338 e. The van der Waals surface area contributed by atoms with Crippen LogP contribution in [0.1, 0.15) is 22.8 Å². The zero-order valence-corrected chi connectivity index (χ0v) is 9.14. The van der Waals surface area contributed by atoms with Crippen molar-refractivity contribution < 1.29 is 23.8 Å². The molecule has 0 unspecified atom stereocenters. The summed E-state index contributed by atoms with van der Waals surface area (Å²) < 4.78 is 17.8. The molecule has 0 bridgehead atoms. The number of hydrogen-bond acceptors (Lipinski definition) is 3. The van der Waals surface area contributed by atoms with Crippen LogP contribution in [0.4, 0.5) is 4.39 Å². The highest BCUT2D eigenvalue weighted by Gasteiger charge is 2.11. The maximum Gasteiger partial charge on any atom is 0.338 e. The number of aliphatic carboxylic acids is 1. The van der Waals surface area contributed by atoms with Gasteiger partial charge >= 0.3 is 11.9 Å². The molecule has 0 aliphatic carbocycles. The molecule has 1 rings (SSSR count). The van der Waals surface area contributed by atoms with Gasteiger partial charge in [0.2, 0.25) is 0 Å². The largest absolute Gasteiger partial charge is 0.478 e. The van der Waals surface area contributed by atoms with E-state index in [4.69, 9.17) is 9.84 Å². The summed E-state index contributed by atoms with van der Waals surface area (Å²) in [7, 11) is 0. The van der Waals surface area contributed by atoms with E-state index in [2.05, 4.69) is 0 Å². The average Bonchev–Trinajstić information content (AvgIpc) is 2.26. The maximum atomic E-state index is 13.0. The van der Waals surface area contributed by atoms with E-state index in [9.17, 15) is 14.0 Å². The fourth-order valence-electron chi connectivity index (χ4n) is 1.23. The molecule has 17 heavy (non-hydrogen) atoms. The van der Waals surface area contributed by atoms with Crippen LogP contribution in [0.15, 0.2) is 24.3 Å². The zero-order valence-electron chi connectivity index (χ0n) is 9.14. The molecular weight excluding hydrogens is 227 g/mol. The van der Waals surface area contributed by atoms with E-state index in [1.165, 1.54) is 6.07 Å². The second-order valence-corrected chi connectivity index (χ2v) is 3.12. The van der Waals surface area contributed by atoms with Crippen LogP contribution in [-0.4, -0.2) is 23.7 Å². The third-order valence-corrected chi connectivity index (χ3v) is 1.91. The normalized spacial score (nSPS) is 10.5. The van der Waals surface area contributed by atoms with Gasteiger partial charge in [0.15, 0.2) is 0 Å². The summed E-state index contributed by atoms with van der Waals surface area (Å²) in [6.07, 6.45) is 1.98. The molecule has 90 valence electrons. The lowest BCUT2D eigenvalue weighted by Crippen LogP contribution is -2.07. The van der Waals surface area contributed by atoms with Crippen LogP contribution in [-0.2, 0) is 9.53 Å². The van der Waals surface area contributed by atoms with Crippen LogP contribution in [0.3, 0.4) is 0 Å². The lowest BCUT2D eigenvalue weighted by Gasteiger charge is -2.05. The van der Waals surface area contributed by atoms with Gasteiger partial charge < -0.3 is 9.84 Å². The molecule has 0 radical (unpaired) electrons. The van der Waals surface area contributed by atoms with Crippen LogP contribution in [0.5, 0.6) is 0 Å². The summed E-state index contributed by atoms with van der Waals surface area (Å²) in [6, 6.07) is 3.45. The van der Waals surface area contributed by atoms with Gasteiger partial charge in [0, 0.05) is 6.08 Å². The first-order valence-corrected chi connectivity index (χ1v) is 4.92. The van der Waals surface area contributed by atoms with Crippen molar-refractivity contribution in [1.82, 2.24) is 0 Å². The Kier molecular flexibility index (Phi) is 4.39. The number of ether oxygens (including phenoxy) is 1. The molecule has 4 nitrogen and oxygen atoms in total. The molecule has 1 N–H and O–H groups in total. The van der Waals surface area contributed by atoms with Gasteiger partial charge in [-0.15, -0.1) is 0 Å². The van der Waals surface area contributed by atoms with Crippen molar-refractivity contribution >= 4 is 18.0 Å². The summed E-state index contributed by atoms with van der Waals surface area (Å²) in [5.74, 6) is -2.34. The first kappa shape index (κ1) is 12.9. The van der Waals surface area contributed by atoms with Crippen LogP contribution < -0.4 is 0 Å². The van der Waals surface area contributed by atoms with E-state index in [1.807, 2.05) is 0 Å². The lowest BCUT2D eigenvalue weighted by molar-refractivity contribution is -0.131. The quantitative estimate of drug-likeness (QED) is 0.644. The summed E-state index contributed by atoms with van der Waals surface area (Å²) in [5, 5.41) is 8.48. The highest BCUT2D eigenvalue weighted by atomic mass is 19.1. The fourth-order valence-corrected chi connectivity index (χ4v) is 1.23. The third-order valence-electron chi connectivity index (χ3n) is 1.91. The van der Waals surface area contributed by atoms with Crippen LogP contribution >= 0.6 is 0 Å². The number of carbonyl (C=O) groups is 2. The molecule has 1 aromatic carbocycles. The van der Waals surface area contributed by atoms with Crippen molar-refractivity contribution in [2.45, 2.75) is 6.92 Å². The highest BCUT2D eigenvalue weighted by Crippen LogP contribution is 2.14. The maximum absolute atomic E-state index is 13.0. The molecule has 0 spiro atoms. The Morgan fingerprint density at radius 3 is 2.76 bits per heavy atom. The summed E-state index contributed by atoms with van der Waals surface area (Å²) >= 11 is 0. The Labute approximate surface area is 97.3 Å². The van der Waals surface area contributed by atoms with Crippen molar-refractivity contribution in [1.29, 1.82) is 0 Å². The Morgan fingerprint density at radius 2 is 2.18 bits per heavy atom. The number of carbonyl (C=O) groups excluding carboxylic acids is 1. The molecule has 5 heteroatoms. The van der Waals surface area contributed by atoms with Gasteiger partial charge in [-0.3, -0.25) is 0 Å². The minimum Gasteiger partial charge on any atom is -0.478 e. The molecule has 0 saturated carbocycles. The van der Waals surface area contributed by atoms with Crippen molar-refractivity contribution in [2.24, 2.45) is 0 Å². The standard InChI is InChI=1S/C12H11FO4/c1-2-17-12(16)10-5-4-9(13)7-8(10)3-6-11(14)15/h3-7H,2H2,1H3,(H,14,15). The SMILES string of the molecule is CCOC(=O)c1ccc(F)cc1C=CC(=O)O. The Bertz CT molecular complexity index is 466. The molecule has 0 saturated heterocycles. The number of hydrogen-bond donors (Lipinski definition) is 1. The third kappa shape index (κ3) is 3.71. The summed E-state index contributed by atoms with van der Waals surface area (Å²) in [5.41, 5.74) is 0.302. The molecule has 0 aliphatic heterocycles. The van der Waals surface area contributed by atoms with E-state index in [-0.39, 0.29) is 17.7 Å². The number of rotatable bonds is 4. The molecule has 0 atom stereocenters. The van der Waals surface area contributed by atoms with Crippen LogP contribution in [0.2, 0.25) is 0 Å². The Balaban J connectivity index is 3.12. The molecule has 0 heterocycles. The van der Waals surface area contributed by atoms with E-state index in [0.717, 1.165) is 24.3 Å². The Morgan fingerprint density at radius 1 is 1.47 bits per heavy atom. The summed E-state index contributed by atoms with van der Waals surface area (Å²) in [6.45, 7) is 1.84. The van der Waals surface area contributed by atoms with Crippen molar-refractivity contribution in [3.05, 3.63) is 41.2 Å². The van der Waals surface area contributed by atoms with Gasteiger partial charge in [0.1, 0.15) is 5.82 Å². The second kappa shape index (κ2) is 5.79. The number of esters is 1. The van der Waals surface area contributed by atoms with Gasteiger partial charge in [-0.05, 0) is 36.8 Å². The van der Waals surface area contributed by atoms with Gasteiger partial charge in [-0.2, -0.15) is 0 Å². The Hall–Kier alpha value is -2.17. The molecule has 0 amide bonds. The fraction of sp³-hybridized carbons (Fsp3) is 0.167. The molecule has 0 aliphatic rings. The van der Waals surface area contributed by atoms with E-state index >= 15 is 0 Å². The van der Waals surface area contributed by atoms with Crippen LogP contribution in [0.25, 0.3) is 6.08 Å². The summed E-state index contributed by atoms with van der Waals surface area (Å²) in [4.78, 5) is 21.9.